The number of carbonyl (C=O) groups excluding carboxylic acids is 1. The van der Waals surface area contributed by atoms with Crippen molar-refractivity contribution in [3.63, 3.8) is 0 Å². The summed E-state index contributed by atoms with van der Waals surface area (Å²) in [6.45, 7) is 3.92. The molecule has 0 N–H and O–H groups in total. The van der Waals surface area contributed by atoms with E-state index in [1.165, 1.54) is 19.3 Å². The first-order valence-electron chi connectivity index (χ1n) is 8.84. The summed E-state index contributed by atoms with van der Waals surface area (Å²) in [5, 5.41) is 0. The van der Waals surface area contributed by atoms with Gasteiger partial charge >= 0.3 is 6.09 Å². The van der Waals surface area contributed by atoms with E-state index < -0.39 is 0 Å². The molecule has 4 heteroatoms. The van der Waals surface area contributed by atoms with Crippen molar-refractivity contribution in [3.8, 4) is 0 Å². The van der Waals surface area contributed by atoms with E-state index in [0.29, 0.717) is 24.0 Å². The standard InChI is InChI=1S/C17H27NO3/c1-2-17(21-16(19)18-8-4-3-5-9-18)10-12-13(11-17)15-7-6-14(12)20-15/h12-15H,2-11H2,1H3. The number of fused-ring (bicyclic) bond motifs is 5. The molecule has 4 nitrogen and oxygen atoms in total. The Morgan fingerprint density at radius 2 is 1.76 bits per heavy atom. The van der Waals surface area contributed by atoms with Crippen LogP contribution in [0.5, 0.6) is 0 Å². The maximum Gasteiger partial charge on any atom is 0.410 e. The van der Waals surface area contributed by atoms with Crippen LogP contribution < -0.4 is 0 Å². The molecule has 3 saturated heterocycles. The van der Waals surface area contributed by atoms with Gasteiger partial charge in [-0.2, -0.15) is 0 Å². The highest BCUT2D eigenvalue weighted by molar-refractivity contribution is 5.68. The van der Waals surface area contributed by atoms with Crippen LogP contribution in [0.4, 0.5) is 4.79 Å². The molecule has 1 amide bonds. The van der Waals surface area contributed by atoms with E-state index in [0.717, 1.165) is 45.2 Å². The molecule has 0 spiro atoms. The second-order valence-corrected chi connectivity index (χ2v) is 7.48. The predicted octanol–water partition coefficient (Wildman–Crippen LogP) is 3.35. The minimum absolute atomic E-state index is 0.0650. The molecule has 21 heavy (non-hydrogen) atoms. The largest absolute Gasteiger partial charge is 0.443 e. The number of ether oxygens (including phenoxy) is 2. The molecule has 4 fully saturated rings. The average molecular weight is 293 g/mol. The van der Waals surface area contributed by atoms with Crippen LogP contribution in [-0.4, -0.2) is 41.9 Å². The summed E-state index contributed by atoms with van der Waals surface area (Å²) in [6, 6.07) is 0. The number of carbonyl (C=O) groups is 1. The van der Waals surface area contributed by atoms with Gasteiger partial charge in [-0.25, -0.2) is 4.79 Å². The molecule has 4 atom stereocenters. The van der Waals surface area contributed by atoms with Crippen molar-refractivity contribution in [1.29, 1.82) is 0 Å². The highest BCUT2D eigenvalue weighted by Gasteiger charge is 2.59. The molecule has 0 radical (unpaired) electrons. The first-order chi connectivity index (χ1) is 10.2. The fourth-order valence-corrected chi connectivity index (χ4v) is 5.15. The molecular formula is C17H27NO3. The second-order valence-electron chi connectivity index (χ2n) is 7.48. The molecule has 0 aromatic carbocycles. The average Bonchev–Trinajstić information content (AvgIpc) is 3.19. The van der Waals surface area contributed by atoms with Crippen molar-refractivity contribution < 1.29 is 14.3 Å². The second kappa shape index (κ2) is 5.15. The number of amides is 1. The number of rotatable bonds is 2. The third kappa shape index (κ3) is 2.26. The minimum Gasteiger partial charge on any atom is -0.443 e. The fraction of sp³-hybridized carbons (Fsp3) is 0.941. The van der Waals surface area contributed by atoms with Crippen LogP contribution >= 0.6 is 0 Å². The molecule has 2 bridgehead atoms. The summed E-state index contributed by atoms with van der Waals surface area (Å²) in [5.41, 5.74) is -0.214. The van der Waals surface area contributed by atoms with Crippen molar-refractivity contribution in [3.05, 3.63) is 0 Å². The van der Waals surface area contributed by atoms with Gasteiger partial charge in [0.05, 0.1) is 12.2 Å². The molecule has 118 valence electrons. The van der Waals surface area contributed by atoms with Crippen molar-refractivity contribution >= 4 is 6.09 Å². The number of likely N-dealkylation sites (tertiary alicyclic amines) is 1. The van der Waals surface area contributed by atoms with Gasteiger partial charge in [0.15, 0.2) is 0 Å². The summed E-state index contributed by atoms with van der Waals surface area (Å²) in [7, 11) is 0. The van der Waals surface area contributed by atoms with E-state index in [9.17, 15) is 4.79 Å². The van der Waals surface area contributed by atoms with Crippen molar-refractivity contribution in [2.75, 3.05) is 13.1 Å². The Balaban J connectivity index is 1.44. The molecule has 1 aliphatic carbocycles. The molecule has 3 aliphatic heterocycles. The Morgan fingerprint density at radius 1 is 1.14 bits per heavy atom. The van der Waals surface area contributed by atoms with Crippen LogP contribution in [0.3, 0.4) is 0 Å². The zero-order chi connectivity index (χ0) is 14.4. The number of hydrogen-bond acceptors (Lipinski definition) is 3. The Labute approximate surface area is 127 Å². The van der Waals surface area contributed by atoms with Gasteiger partial charge in [-0.3, -0.25) is 0 Å². The van der Waals surface area contributed by atoms with Crippen LogP contribution in [0.25, 0.3) is 0 Å². The molecule has 1 saturated carbocycles. The molecule has 4 aliphatic rings. The summed E-state index contributed by atoms with van der Waals surface area (Å²) >= 11 is 0. The smallest absolute Gasteiger partial charge is 0.410 e. The lowest BCUT2D eigenvalue weighted by atomic mass is 9.82. The zero-order valence-corrected chi connectivity index (χ0v) is 13.1. The fourth-order valence-electron chi connectivity index (χ4n) is 5.15. The first-order valence-corrected chi connectivity index (χ1v) is 8.84. The lowest BCUT2D eigenvalue weighted by molar-refractivity contribution is -0.0302. The van der Waals surface area contributed by atoms with Gasteiger partial charge in [0, 0.05) is 13.1 Å². The molecule has 0 aromatic heterocycles. The van der Waals surface area contributed by atoms with Gasteiger partial charge in [0.25, 0.3) is 0 Å². The minimum atomic E-state index is -0.214. The highest BCUT2D eigenvalue weighted by Crippen LogP contribution is 2.56. The Hall–Kier alpha value is -0.770. The third-order valence-electron chi connectivity index (χ3n) is 6.37. The van der Waals surface area contributed by atoms with Crippen molar-refractivity contribution in [1.82, 2.24) is 4.90 Å². The first kappa shape index (κ1) is 13.9. The van der Waals surface area contributed by atoms with Crippen LogP contribution in [0.1, 0.15) is 58.3 Å². The SMILES string of the molecule is CCC1(OC(=O)N2CCCCC2)CC2C3CCC(O3)C2C1. The van der Waals surface area contributed by atoms with Crippen LogP contribution in [0, 0.1) is 11.8 Å². The van der Waals surface area contributed by atoms with Gasteiger partial charge in [-0.05, 0) is 63.2 Å². The van der Waals surface area contributed by atoms with Crippen LogP contribution in [0.15, 0.2) is 0 Å². The van der Waals surface area contributed by atoms with Gasteiger partial charge in [-0.1, -0.05) is 6.92 Å². The summed E-state index contributed by atoms with van der Waals surface area (Å²) in [5.74, 6) is 1.27. The lowest BCUT2D eigenvalue weighted by Crippen LogP contribution is -2.42. The highest BCUT2D eigenvalue weighted by atomic mass is 16.6. The summed E-state index contributed by atoms with van der Waals surface area (Å²) < 4.78 is 12.1. The normalized spacial score (nSPS) is 44.9. The van der Waals surface area contributed by atoms with E-state index in [1.54, 1.807) is 0 Å². The Kier molecular flexibility index (Phi) is 3.40. The van der Waals surface area contributed by atoms with Gasteiger partial charge in [0.2, 0.25) is 0 Å². The van der Waals surface area contributed by atoms with E-state index in [2.05, 4.69) is 6.92 Å². The van der Waals surface area contributed by atoms with Gasteiger partial charge in [-0.15, -0.1) is 0 Å². The quantitative estimate of drug-likeness (QED) is 0.784. The molecule has 3 heterocycles. The van der Waals surface area contributed by atoms with Crippen LogP contribution in [-0.2, 0) is 9.47 Å². The monoisotopic (exact) mass is 293 g/mol. The number of piperidine rings is 1. The summed E-state index contributed by atoms with van der Waals surface area (Å²) in [6.07, 6.45) is 9.73. The summed E-state index contributed by atoms with van der Waals surface area (Å²) in [4.78, 5) is 14.4. The molecule has 0 aromatic rings. The van der Waals surface area contributed by atoms with Crippen molar-refractivity contribution in [2.24, 2.45) is 11.8 Å². The Morgan fingerprint density at radius 3 is 2.33 bits per heavy atom. The number of nitrogens with zero attached hydrogens (tertiary/aromatic N) is 1. The molecular weight excluding hydrogens is 266 g/mol. The molecule has 4 rings (SSSR count). The van der Waals surface area contributed by atoms with E-state index in [-0.39, 0.29) is 11.7 Å². The lowest BCUT2D eigenvalue weighted by Gasteiger charge is -2.34. The van der Waals surface area contributed by atoms with E-state index in [4.69, 9.17) is 9.47 Å². The van der Waals surface area contributed by atoms with Crippen molar-refractivity contribution in [2.45, 2.75) is 76.1 Å². The topological polar surface area (TPSA) is 38.8 Å². The maximum absolute atomic E-state index is 12.5. The van der Waals surface area contributed by atoms with E-state index in [1.807, 2.05) is 4.90 Å². The molecule has 4 unspecified atom stereocenters. The zero-order valence-electron chi connectivity index (χ0n) is 13.1. The van der Waals surface area contributed by atoms with Gasteiger partial charge < -0.3 is 14.4 Å². The van der Waals surface area contributed by atoms with E-state index >= 15 is 0 Å². The third-order valence-corrected chi connectivity index (χ3v) is 6.37. The van der Waals surface area contributed by atoms with Gasteiger partial charge in [0.1, 0.15) is 5.60 Å². The predicted molar refractivity (Wildman–Crippen MR) is 79.0 cm³/mol. The van der Waals surface area contributed by atoms with Crippen LogP contribution in [0.2, 0.25) is 0 Å². The maximum atomic E-state index is 12.5. The number of hydrogen-bond donors (Lipinski definition) is 0. The Bertz CT molecular complexity index is 400.